The molecule has 0 spiro atoms. The summed E-state index contributed by atoms with van der Waals surface area (Å²) in [5.41, 5.74) is 1.18. The van der Waals surface area contributed by atoms with E-state index in [2.05, 4.69) is 40.0 Å². The van der Waals surface area contributed by atoms with Crippen LogP contribution in [0.15, 0.2) is 28.9 Å². The number of aromatic nitrogens is 2. The van der Waals surface area contributed by atoms with Gasteiger partial charge in [0.05, 0.1) is 10.6 Å². The summed E-state index contributed by atoms with van der Waals surface area (Å²) in [4.78, 5) is 22.7. The molecule has 0 unspecified atom stereocenters. The van der Waals surface area contributed by atoms with Crippen LogP contribution >= 0.6 is 0 Å². The lowest BCUT2D eigenvalue weighted by Crippen LogP contribution is -2.23. The smallest absolute Gasteiger partial charge is 0.300 e. The number of carbonyl (C=O) groups excluding carboxylic acids is 1. The molecule has 1 aromatic carbocycles. The molecule has 1 heterocycles. The lowest BCUT2D eigenvalue weighted by molar-refractivity contribution is -0.383. The van der Waals surface area contributed by atoms with Crippen molar-refractivity contribution in [2.75, 3.05) is 18.4 Å². The summed E-state index contributed by atoms with van der Waals surface area (Å²) in [6.45, 7) is 3.84. The molecule has 0 bridgehead atoms. The topological polar surface area (TPSA) is 123 Å². The number of anilines is 1. The van der Waals surface area contributed by atoms with Gasteiger partial charge in [-0.3, -0.25) is 14.9 Å². The van der Waals surface area contributed by atoms with Gasteiger partial charge in [0.15, 0.2) is 5.52 Å². The first-order valence-electron chi connectivity index (χ1n) is 17.2. The van der Waals surface area contributed by atoms with Crippen LogP contribution in [0, 0.1) is 10.1 Å². The number of nitro groups is 1. The highest BCUT2D eigenvalue weighted by Gasteiger charge is 2.19. The van der Waals surface area contributed by atoms with Crippen LogP contribution in [0.3, 0.4) is 0 Å². The summed E-state index contributed by atoms with van der Waals surface area (Å²) in [5, 5.41) is 24.9. The zero-order valence-corrected chi connectivity index (χ0v) is 26.8. The fraction of sp³-hybridized carbons (Fsp3) is 0.735. The molecule has 43 heavy (non-hydrogen) atoms. The van der Waals surface area contributed by atoms with E-state index >= 15 is 0 Å². The molecule has 0 fully saturated rings. The molecule has 0 radical (unpaired) electrons. The minimum Gasteiger partial charge on any atom is -0.383 e. The van der Waals surface area contributed by atoms with Gasteiger partial charge in [-0.05, 0) is 61.3 Å². The summed E-state index contributed by atoms with van der Waals surface area (Å²) < 4.78 is 4.70. The van der Waals surface area contributed by atoms with Gasteiger partial charge in [0.2, 0.25) is 11.4 Å². The van der Waals surface area contributed by atoms with Crippen molar-refractivity contribution in [3.05, 3.63) is 34.4 Å². The predicted molar refractivity (Wildman–Crippen MR) is 176 cm³/mol. The Bertz CT molecular complexity index is 1040. The molecule has 1 amide bonds. The second kappa shape index (κ2) is 24.5. The van der Waals surface area contributed by atoms with E-state index in [0.717, 1.165) is 51.6 Å². The van der Waals surface area contributed by atoms with Gasteiger partial charge in [-0.15, -0.1) is 0 Å². The maximum atomic E-state index is 12.1. The molecule has 9 nitrogen and oxygen atoms in total. The van der Waals surface area contributed by atoms with E-state index in [0.29, 0.717) is 17.6 Å². The first kappa shape index (κ1) is 36.2. The average molecular weight is 600 g/mol. The molecule has 0 aliphatic carbocycles. The number of unbranched alkanes of at least 4 members (excludes halogenated alkanes) is 18. The first-order valence-corrected chi connectivity index (χ1v) is 17.2. The van der Waals surface area contributed by atoms with Gasteiger partial charge in [0.25, 0.3) is 0 Å². The van der Waals surface area contributed by atoms with Gasteiger partial charge in [0.1, 0.15) is 0 Å². The Labute approximate surface area is 259 Å². The maximum absolute atomic E-state index is 12.1. The maximum Gasteiger partial charge on any atom is 0.300 e. The van der Waals surface area contributed by atoms with Crippen LogP contribution < -0.4 is 10.6 Å². The van der Waals surface area contributed by atoms with Crippen LogP contribution in [0.2, 0.25) is 0 Å². The summed E-state index contributed by atoms with van der Waals surface area (Å²) in [5.74, 6) is 0.209. The lowest BCUT2D eigenvalue weighted by atomic mass is 10.1. The minimum absolute atomic E-state index is 0.0991. The van der Waals surface area contributed by atoms with Crippen molar-refractivity contribution in [2.24, 2.45) is 0 Å². The first-order chi connectivity index (χ1) is 21.1. The molecule has 0 aliphatic rings. The van der Waals surface area contributed by atoms with Crippen LogP contribution in [-0.4, -0.2) is 34.2 Å². The fourth-order valence-electron chi connectivity index (χ4n) is 5.35. The zero-order chi connectivity index (χ0) is 30.8. The number of benzene rings is 1. The van der Waals surface area contributed by atoms with Gasteiger partial charge in [-0.25, -0.2) is 4.63 Å². The monoisotopic (exact) mass is 599 g/mol. The van der Waals surface area contributed by atoms with Crippen molar-refractivity contribution < 1.29 is 14.3 Å². The van der Waals surface area contributed by atoms with E-state index in [1.54, 1.807) is 6.07 Å². The van der Waals surface area contributed by atoms with Gasteiger partial charge in [-0.1, -0.05) is 109 Å². The Morgan fingerprint density at radius 2 is 1.28 bits per heavy atom. The van der Waals surface area contributed by atoms with Crippen molar-refractivity contribution >= 4 is 28.3 Å². The Morgan fingerprint density at radius 3 is 1.91 bits per heavy atom. The summed E-state index contributed by atoms with van der Waals surface area (Å²) in [6, 6.07) is 3.09. The SMILES string of the molecule is CCCCCCCC/C=C\CCCCCCCC(=O)NCCCCCCCCCCNc1ccc([N+](=O)[O-])c2nonc12. The number of hydrogen-bond acceptors (Lipinski definition) is 7. The van der Waals surface area contributed by atoms with E-state index in [4.69, 9.17) is 4.63 Å². The van der Waals surface area contributed by atoms with Crippen LogP contribution in [0.5, 0.6) is 0 Å². The molecular weight excluding hydrogens is 542 g/mol. The molecule has 2 rings (SSSR count). The van der Waals surface area contributed by atoms with Gasteiger partial charge >= 0.3 is 5.69 Å². The van der Waals surface area contributed by atoms with Crippen molar-refractivity contribution in [1.82, 2.24) is 15.6 Å². The molecule has 2 N–H and O–H groups in total. The molecule has 2 aromatic rings. The number of nitro benzene ring substituents is 1. The summed E-state index contributed by atoms with van der Waals surface area (Å²) in [7, 11) is 0. The number of rotatable bonds is 28. The highest BCUT2D eigenvalue weighted by atomic mass is 16.6. The third-order valence-electron chi connectivity index (χ3n) is 8.00. The standard InChI is InChI=1S/C34H57N5O4/c1-2-3-4-5-6-7-8-9-10-11-12-13-16-19-22-25-32(40)36-29-24-21-18-15-14-17-20-23-28-35-30-26-27-31(39(41)42)34-33(30)37-43-38-34/h9-10,26-27,35H,2-8,11-25,28-29H2,1H3,(H,36,40)/b10-9-. The summed E-state index contributed by atoms with van der Waals surface area (Å²) in [6.07, 6.45) is 31.2. The lowest BCUT2D eigenvalue weighted by Gasteiger charge is -2.07. The molecule has 242 valence electrons. The number of hydrogen-bond donors (Lipinski definition) is 2. The van der Waals surface area contributed by atoms with Crippen LogP contribution in [-0.2, 0) is 4.79 Å². The largest absolute Gasteiger partial charge is 0.383 e. The number of allylic oxidation sites excluding steroid dienone is 2. The van der Waals surface area contributed by atoms with Crippen molar-refractivity contribution in [3.63, 3.8) is 0 Å². The Kier molecular flexibility index (Phi) is 20.6. The van der Waals surface area contributed by atoms with Crippen LogP contribution in [0.1, 0.15) is 148 Å². The van der Waals surface area contributed by atoms with Gasteiger partial charge < -0.3 is 10.6 Å². The molecular formula is C34H57N5O4. The van der Waals surface area contributed by atoms with E-state index < -0.39 is 4.92 Å². The third kappa shape index (κ3) is 17.0. The van der Waals surface area contributed by atoms with E-state index in [9.17, 15) is 14.9 Å². The van der Waals surface area contributed by atoms with Gasteiger partial charge in [-0.2, -0.15) is 0 Å². The highest BCUT2D eigenvalue weighted by Crippen LogP contribution is 2.28. The zero-order valence-electron chi connectivity index (χ0n) is 26.8. The van der Waals surface area contributed by atoms with E-state index in [-0.39, 0.29) is 17.1 Å². The average Bonchev–Trinajstić information content (AvgIpc) is 3.50. The molecule has 0 atom stereocenters. The number of nitrogens with zero attached hydrogens (tertiary/aromatic N) is 3. The van der Waals surface area contributed by atoms with E-state index in [1.807, 2.05) is 0 Å². The van der Waals surface area contributed by atoms with Crippen molar-refractivity contribution in [2.45, 2.75) is 148 Å². The van der Waals surface area contributed by atoms with Crippen LogP contribution in [0.4, 0.5) is 11.4 Å². The number of nitrogens with one attached hydrogen (secondary N) is 2. The second-order valence-corrected chi connectivity index (χ2v) is 11.8. The fourth-order valence-corrected chi connectivity index (χ4v) is 5.35. The second-order valence-electron chi connectivity index (χ2n) is 11.8. The molecule has 0 saturated carbocycles. The van der Waals surface area contributed by atoms with E-state index in [1.165, 1.54) is 102 Å². The highest BCUT2D eigenvalue weighted by molar-refractivity contribution is 5.93. The Morgan fingerprint density at radius 1 is 0.744 bits per heavy atom. The van der Waals surface area contributed by atoms with Crippen molar-refractivity contribution in [1.29, 1.82) is 0 Å². The Balaban J connectivity index is 1.30. The van der Waals surface area contributed by atoms with Gasteiger partial charge in [0, 0.05) is 25.6 Å². The molecule has 9 heteroatoms. The Hall–Kier alpha value is -2.97. The molecule has 0 saturated heterocycles. The number of fused-ring (bicyclic) bond motifs is 1. The number of carbonyl (C=O) groups is 1. The normalized spacial score (nSPS) is 11.5. The summed E-state index contributed by atoms with van der Waals surface area (Å²) >= 11 is 0. The number of non-ortho nitro benzene ring substituents is 1. The quantitative estimate of drug-likeness (QED) is 0.0432. The number of amides is 1. The molecule has 1 aromatic heterocycles. The van der Waals surface area contributed by atoms with Crippen LogP contribution in [0.25, 0.3) is 11.0 Å². The third-order valence-corrected chi connectivity index (χ3v) is 8.00. The molecule has 0 aliphatic heterocycles. The van der Waals surface area contributed by atoms with Crippen molar-refractivity contribution in [3.8, 4) is 0 Å². The minimum atomic E-state index is -0.479. The predicted octanol–water partition coefficient (Wildman–Crippen LogP) is 9.82.